The van der Waals surface area contributed by atoms with E-state index in [1.165, 1.54) is 12.8 Å². The maximum atomic E-state index is 11.4. The van der Waals surface area contributed by atoms with Crippen molar-refractivity contribution in [1.29, 1.82) is 0 Å². The smallest absolute Gasteiger partial charge is 0.407 e. The third-order valence-electron chi connectivity index (χ3n) is 2.65. The van der Waals surface area contributed by atoms with Gasteiger partial charge in [0.25, 0.3) is 0 Å². The van der Waals surface area contributed by atoms with Crippen LogP contribution in [0.2, 0.25) is 0 Å². The van der Waals surface area contributed by atoms with Crippen LogP contribution in [0, 0.1) is 0 Å². The maximum Gasteiger partial charge on any atom is 0.407 e. The molecule has 3 N–H and O–H groups in total. The van der Waals surface area contributed by atoms with Crippen LogP contribution in [0.3, 0.4) is 0 Å². The molecular formula is C11H21N3O3. The summed E-state index contributed by atoms with van der Waals surface area (Å²) in [6.45, 7) is 2.86. The number of amides is 3. The standard InChI is InChI=1S/C11H21N3O3/c1-2-17-11(16)13-8-7-12-10(15)14-9-5-3-4-6-9/h9H,2-8H2,1H3,(H,13,16)(H2,12,14,15). The minimum Gasteiger partial charge on any atom is -0.450 e. The van der Waals surface area contributed by atoms with Crippen molar-refractivity contribution in [3.63, 3.8) is 0 Å². The lowest BCUT2D eigenvalue weighted by Gasteiger charge is -2.13. The Bertz CT molecular complexity index is 252. The summed E-state index contributed by atoms with van der Waals surface area (Å²) < 4.78 is 4.68. The molecule has 1 aliphatic rings. The van der Waals surface area contributed by atoms with E-state index in [1.54, 1.807) is 6.92 Å². The third-order valence-corrected chi connectivity index (χ3v) is 2.65. The van der Waals surface area contributed by atoms with Gasteiger partial charge in [0.1, 0.15) is 0 Å². The fraction of sp³-hybridized carbons (Fsp3) is 0.818. The van der Waals surface area contributed by atoms with Crippen molar-refractivity contribution in [2.45, 2.75) is 38.6 Å². The highest BCUT2D eigenvalue weighted by Crippen LogP contribution is 2.17. The summed E-state index contributed by atoms with van der Waals surface area (Å²) in [5.41, 5.74) is 0. The van der Waals surface area contributed by atoms with Crippen LogP contribution in [-0.2, 0) is 4.74 Å². The van der Waals surface area contributed by atoms with Crippen LogP contribution in [0.15, 0.2) is 0 Å². The number of hydrogen-bond donors (Lipinski definition) is 3. The number of nitrogens with one attached hydrogen (secondary N) is 3. The van der Waals surface area contributed by atoms with Gasteiger partial charge >= 0.3 is 12.1 Å². The molecule has 0 aliphatic heterocycles. The van der Waals surface area contributed by atoms with Gasteiger partial charge in [-0.15, -0.1) is 0 Å². The normalized spacial score (nSPS) is 15.4. The fourth-order valence-corrected chi connectivity index (χ4v) is 1.83. The van der Waals surface area contributed by atoms with Gasteiger partial charge in [-0.1, -0.05) is 12.8 Å². The number of rotatable bonds is 5. The van der Waals surface area contributed by atoms with Crippen LogP contribution in [0.1, 0.15) is 32.6 Å². The Morgan fingerprint density at radius 3 is 2.47 bits per heavy atom. The molecule has 0 aromatic rings. The predicted octanol–water partition coefficient (Wildman–Crippen LogP) is 0.974. The molecule has 0 saturated heterocycles. The summed E-state index contributed by atoms with van der Waals surface area (Å²) in [5.74, 6) is 0. The summed E-state index contributed by atoms with van der Waals surface area (Å²) in [4.78, 5) is 22.3. The van der Waals surface area contributed by atoms with Gasteiger partial charge in [0.2, 0.25) is 0 Å². The zero-order valence-electron chi connectivity index (χ0n) is 10.3. The zero-order valence-corrected chi connectivity index (χ0v) is 10.3. The fourth-order valence-electron chi connectivity index (χ4n) is 1.83. The summed E-state index contributed by atoms with van der Waals surface area (Å²) in [6.07, 6.45) is 4.05. The van der Waals surface area contributed by atoms with Gasteiger partial charge in [-0.3, -0.25) is 0 Å². The molecule has 98 valence electrons. The van der Waals surface area contributed by atoms with E-state index in [9.17, 15) is 9.59 Å². The van der Waals surface area contributed by atoms with Crippen LogP contribution >= 0.6 is 0 Å². The molecule has 0 atom stereocenters. The minimum atomic E-state index is -0.453. The Labute approximate surface area is 101 Å². The molecule has 17 heavy (non-hydrogen) atoms. The molecule has 6 heteroatoms. The molecule has 1 saturated carbocycles. The van der Waals surface area contributed by atoms with Gasteiger partial charge < -0.3 is 20.7 Å². The van der Waals surface area contributed by atoms with E-state index < -0.39 is 6.09 Å². The van der Waals surface area contributed by atoms with Crippen LogP contribution in [0.25, 0.3) is 0 Å². The highest BCUT2D eigenvalue weighted by atomic mass is 16.5. The second-order valence-electron chi connectivity index (χ2n) is 4.03. The molecule has 1 fully saturated rings. The molecule has 3 amide bonds. The van der Waals surface area contributed by atoms with Gasteiger partial charge in [0, 0.05) is 19.1 Å². The SMILES string of the molecule is CCOC(=O)NCCNC(=O)NC1CCCC1. The topological polar surface area (TPSA) is 79.5 Å². The average molecular weight is 243 g/mol. The van der Waals surface area contributed by atoms with Crippen molar-refractivity contribution in [1.82, 2.24) is 16.0 Å². The number of ether oxygens (including phenoxy) is 1. The molecule has 0 heterocycles. The van der Waals surface area contributed by atoms with Gasteiger partial charge in [-0.25, -0.2) is 9.59 Å². The molecule has 6 nitrogen and oxygen atoms in total. The van der Waals surface area contributed by atoms with E-state index in [4.69, 9.17) is 0 Å². The monoisotopic (exact) mass is 243 g/mol. The van der Waals surface area contributed by atoms with Crippen LogP contribution in [-0.4, -0.2) is 37.9 Å². The number of carbonyl (C=O) groups is 2. The zero-order chi connectivity index (χ0) is 12.5. The average Bonchev–Trinajstić information content (AvgIpc) is 2.77. The van der Waals surface area contributed by atoms with Gasteiger partial charge in [0.05, 0.1) is 6.61 Å². The lowest BCUT2D eigenvalue weighted by molar-refractivity contribution is 0.152. The second kappa shape index (κ2) is 7.76. The quantitative estimate of drug-likeness (QED) is 0.630. The van der Waals surface area contributed by atoms with Crippen molar-refractivity contribution < 1.29 is 14.3 Å². The van der Waals surface area contributed by atoms with Gasteiger partial charge in [0.15, 0.2) is 0 Å². The van der Waals surface area contributed by atoms with E-state index in [2.05, 4.69) is 20.7 Å². The molecular weight excluding hydrogens is 222 g/mol. The Hall–Kier alpha value is -1.46. The highest BCUT2D eigenvalue weighted by molar-refractivity contribution is 5.74. The van der Waals surface area contributed by atoms with Gasteiger partial charge in [-0.2, -0.15) is 0 Å². The lowest BCUT2D eigenvalue weighted by atomic mass is 10.2. The number of carbonyl (C=O) groups excluding carboxylic acids is 2. The van der Waals surface area contributed by atoms with E-state index in [1.807, 2.05) is 0 Å². The first-order valence-corrected chi connectivity index (χ1v) is 6.17. The summed E-state index contributed by atoms with van der Waals surface area (Å²) in [5, 5.41) is 8.11. The number of hydrogen-bond acceptors (Lipinski definition) is 3. The number of urea groups is 1. The minimum absolute atomic E-state index is 0.164. The van der Waals surface area contributed by atoms with Gasteiger partial charge in [-0.05, 0) is 19.8 Å². The van der Waals surface area contributed by atoms with Crippen molar-refractivity contribution >= 4 is 12.1 Å². The van der Waals surface area contributed by atoms with Crippen molar-refractivity contribution in [3.8, 4) is 0 Å². The number of alkyl carbamates (subject to hydrolysis) is 1. The van der Waals surface area contributed by atoms with Crippen molar-refractivity contribution in [2.24, 2.45) is 0 Å². The first-order valence-electron chi connectivity index (χ1n) is 6.17. The van der Waals surface area contributed by atoms with E-state index in [-0.39, 0.29) is 6.03 Å². The first kappa shape index (κ1) is 13.6. The molecule has 0 aromatic carbocycles. The van der Waals surface area contributed by atoms with E-state index in [0.717, 1.165) is 12.8 Å². The molecule has 0 radical (unpaired) electrons. The predicted molar refractivity (Wildman–Crippen MR) is 63.8 cm³/mol. The molecule has 0 spiro atoms. The lowest BCUT2D eigenvalue weighted by Crippen LogP contribution is -2.43. The molecule has 0 bridgehead atoms. The molecule has 0 unspecified atom stereocenters. The summed E-state index contributed by atoms with van der Waals surface area (Å²) >= 11 is 0. The maximum absolute atomic E-state index is 11.4. The molecule has 1 aliphatic carbocycles. The third kappa shape index (κ3) is 5.99. The second-order valence-corrected chi connectivity index (χ2v) is 4.03. The Kier molecular flexibility index (Phi) is 6.21. The molecule has 0 aromatic heterocycles. The van der Waals surface area contributed by atoms with Crippen LogP contribution < -0.4 is 16.0 Å². The van der Waals surface area contributed by atoms with Crippen LogP contribution in [0.4, 0.5) is 9.59 Å². The van der Waals surface area contributed by atoms with Crippen LogP contribution in [0.5, 0.6) is 0 Å². The highest BCUT2D eigenvalue weighted by Gasteiger charge is 2.16. The summed E-state index contributed by atoms with van der Waals surface area (Å²) in [6, 6.07) is 0.149. The van der Waals surface area contributed by atoms with E-state index in [0.29, 0.717) is 25.7 Å². The Morgan fingerprint density at radius 1 is 1.18 bits per heavy atom. The van der Waals surface area contributed by atoms with Crippen molar-refractivity contribution in [3.05, 3.63) is 0 Å². The van der Waals surface area contributed by atoms with E-state index >= 15 is 0 Å². The van der Waals surface area contributed by atoms with Crippen molar-refractivity contribution in [2.75, 3.05) is 19.7 Å². The largest absolute Gasteiger partial charge is 0.450 e. The Morgan fingerprint density at radius 2 is 1.82 bits per heavy atom. The summed E-state index contributed by atoms with van der Waals surface area (Å²) in [7, 11) is 0. The molecule has 1 rings (SSSR count). The Balaban J connectivity index is 1.98. The first-order chi connectivity index (χ1) is 8.22.